The summed E-state index contributed by atoms with van der Waals surface area (Å²) >= 11 is 6.07. The molecule has 0 radical (unpaired) electrons. The third-order valence-electron chi connectivity index (χ3n) is 5.86. The van der Waals surface area contributed by atoms with Crippen molar-refractivity contribution in [2.75, 3.05) is 32.3 Å². The number of ether oxygens (including phenoxy) is 2. The number of aliphatic imine (C=N–C) groups is 1. The van der Waals surface area contributed by atoms with Gasteiger partial charge in [-0.2, -0.15) is 38.4 Å². The Morgan fingerprint density at radius 3 is 2.16 bits per heavy atom. The summed E-state index contributed by atoms with van der Waals surface area (Å²) in [6.45, 7) is 4.62. The molecule has 0 bridgehead atoms. The second-order valence-electron chi connectivity index (χ2n) is 9.69. The van der Waals surface area contributed by atoms with Gasteiger partial charge in [0.05, 0.1) is 23.9 Å². The summed E-state index contributed by atoms with van der Waals surface area (Å²) in [6.07, 6.45) is -2.48. The highest BCUT2D eigenvalue weighted by atomic mass is 35.5. The maximum atomic E-state index is 13.6. The van der Waals surface area contributed by atoms with E-state index in [0.717, 1.165) is 10.9 Å². The van der Waals surface area contributed by atoms with Crippen LogP contribution < -0.4 is 5.73 Å². The van der Waals surface area contributed by atoms with E-state index in [0.29, 0.717) is 25.4 Å². The van der Waals surface area contributed by atoms with Crippen molar-refractivity contribution >= 4 is 58.6 Å². The lowest BCUT2D eigenvalue weighted by Gasteiger charge is -2.33. The van der Waals surface area contributed by atoms with Gasteiger partial charge in [-0.15, -0.1) is 0 Å². The molecule has 1 aromatic rings. The number of hydrogen-bond donors (Lipinski definition) is 1. The van der Waals surface area contributed by atoms with Crippen LogP contribution in [-0.2, 0) is 52.4 Å². The first-order valence-electron chi connectivity index (χ1n) is 12.8. The highest BCUT2D eigenvalue weighted by Crippen LogP contribution is 2.46. The number of amidine groups is 1. The monoisotopic (exact) mass is 718 g/mol. The van der Waals surface area contributed by atoms with Gasteiger partial charge in [0.25, 0.3) is 20.2 Å². The lowest BCUT2D eigenvalue weighted by Crippen LogP contribution is -2.53. The Hall–Kier alpha value is -1.85. The van der Waals surface area contributed by atoms with Crippen molar-refractivity contribution in [3.8, 4) is 0 Å². The molecule has 0 amide bonds. The van der Waals surface area contributed by atoms with Gasteiger partial charge in [0.2, 0.25) is 0 Å². The van der Waals surface area contributed by atoms with E-state index in [4.69, 9.17) is 35.2 Å². The second kappa shape index (κ2) is 14.7. The van der Waals surface area contributed by atoms with Gasteiger partial charge >= 0.3 is 15.6 Å². The number of aromatic nitrogens is 2. The molecule has 3 atom stereocenters. The van der Waals surface area contributed by atoms with Crippen molar-refractivity contribution in [3.63, 3.8) is 0 Å². The quantitative estimate of drug-likeness (QED) is 0.0809. The van der Waals surface area contributed by atoms with Crippen molar-refractivity contribution in [1.29, 1.82) is 0 Å². The molecule has 15 nitrogen and oxygen atoms in total. The summed E-state index contributed by atoms with van der Waals surface area (Å²) in [7, 11) is -15.0. The number of rotatable bonds is 17. The third kappa shape index (κ3) is 10.1. The number of alkyl halides is 3. The number of nitrogens with zero attached hydrogens (tertiary/aromatic N) is 3. The molecule has 254 valence electrons. The molecule has 1 aliphatic rings. The molecular formula is C22H34ClF3N4O11S3. The minimum absolute atomic E-state index is 0.00891. The fourth-order valence-electron chi connectivity index (χ4n) is 3.92. The van der Waals surface area contributed by atoms with Crippen molar-refractivity contribution in [1.82, 2.24) is 9.55 Å². The van der Waals surface area contributed by atoms with E-state index in [-0.39, 0.29) is 41.8 Å². The second-order valence-corrected chi connectivity index (χ2v) is 15.0. The molecule has 0 saturated carbocycles. The number of hydrogen-bond acceptors (Lipinski definition) is 13. The first-order valence-corrected chi connectivity index (χ1v) is 18.2. The van der Waals surface area contributed by atoms with E-state index < -0.39 is 73.1 Å². The maximum Gasteiger partial charge on any atom is 0.523 e. The Morgan fingerprint density at radius 1 is 1.14 bits per heavy atom. The number of nitrogens with two attached hydrogens (primary N) is 1. The molecule has 1 aromatic heterocycles. The van der Waals surface area contributed by atoms with E-state index >= 15 is 0 Å². The molecule has 0 spiro atoms. The fourth-order valence-corrected chi connectivity index (χ4v) is 5.48. The van der Waals surface area contributed by atoms with Crippen LogP contribution in [0.3, 0.4) is 0 Å². The highest BCUT2D eigenvalue weighted by Gasteiger charge is 2.62. The van der Waals surface area contributed by atoms with E-state index in [2.05, 4.69) is 20.7 Å². The lowest BCUT2D eigenvalue weighted by atomic mass is 9.96. The number of halogens is 4. The van der Waals surface area contributed by atoms with Gasteiger partial charge in [-0.1, -0.05) is 38.4 Å². The smallest absolute Gasteiger partial charge is 0.387 e. The summed E-state index contributed by atoms with van der Waals surface area (Å²) < 4.78 is 141. The normalized spacial score (nSPS) is 21.5. The molecule has 1 aliphatic heterocycles. The molecule has 1 fully saturated rings. The molecule has 44 heavy (non-hydrogen) atoms. The van der Waals surface area contributed by atoms with Gasteiger partial charge in [-0.25, -0.2) is 9.98 Å². The molecule has 2 rings (SSSR count). The lowest BCUT2D eigenvalue weighted by molar-refractivity contribution is -0.150. The molecule has 0 aromatic carbocycles. The van der Waals surface area contributed by atoms with Crippen LogP contribution in [0.15, 0.2) is 17.9 Å². The van der Waals surface area contributed by atoms with Crippen molar-refractivity contribution < 1.29 is 60.4 Å². The highest BCUT2D eigenvalue weighted by molar-refractivity contribution is 7.87. The third-order valence-corrected chi connectivity index (χ3v) is 8.17. The minimum Gasteiger partial charge on any atom is -0.387 e. The zero-order valence-electron chi connectivity index (χ0n) is 24.1. The predicted molar refractivity (Wildman–Crippen MR) is 152 cm³/mol. The number of imidazole rings is 1. The molecular weight excluding hydrogens is 685 g/mol. The molecule has 22 heteroatoms. The van der Waals surface area contributed by atoms with Gasteiger partial charge in [-0.3, -0.25) is 17.1 Å². The Labute approximate surface area is 258 Å². The average molecular weight is 719 g/mol. The summed E-state index contributed by atoms with van der Waals surface area (Å²) in [6, 6.07) is 0. The van der Waals surface area contributed by atoms with Crippen LogP contribution in [0.2, 0.25) is 0 Å². The standard InChI is InChI=1S/C22H34ClF3N4O11S3/c1-6-8-10-37-18-17(41-44(35,36)22(24,25)26)20(30-13-28-16(14(3)23)19(30)29-15(27)9-7-2)40-21(18,11-38-42(4,31)32)12-39-43(5,33)34/h13,17-18,20H,3,6-12H2,1-2,4-5H3,(H2,27,29)/t17-,18?,20+/m0/s1. The Balaban J connectivity index is 2.93. The van der Waals surface area contributed by atoms with E-state index in [1.165, 1.54) is 0 Å². The Bertz CT molecular complexity index is 1500. The van der Waals surface area contributed by atoms with Crippen molar-refractivity contribution in [2.24, 2.45) is 10.7 Å². The summed E-state index contributed by atoms with van der Waals surface area (Å²) in [5, 5.41) is -0.201. The van der Waals surface area contributed by atoms with E-state index in [1.807, 2.05) is 0 Å². The van der Waals surface area contributed by atoms with Gasteiger partial charge in [0.1, 0.15) is 36.4 Å². The summed E-state index contributed by atoms with van der Waals surface area (Å²) in [5.74, 6) is -0.246. The largest absolute Gasteiger partial charge is 0.523 e. The van der Waals surface area contributed by atoms with Crippen LogP contribution in [-0.4, -0.2) is 96.3 Å². The van der Waals surface area contributed by atoms with Crippen LogP contribution >= 0.6 is 11.6 Å². The van der Waals surface area contributed by atoms with Crippen LogP contribution in [0, 0.1) is 0 Å². The number of unbranched alkanes of at least 4 members (excludes halogenated alkanes) is 1. The van der Waals surface area contributed by atoms with Crippen molar-refractivity contribution in [2.45, 2.75) is 69.1 Å². The average Bonchev–Trinajstić information content (AvgIpc) is 3.40. The molecule has 1 unspecified atom stereocenters. The van der Waals surface area contributed by atoms with Gasteiger partial charge in [0, 0.05) is 13.0 Å². The van der Waals surface area contributed by atoms with Crippen LogP contribution in [0.1, 0.15) is 51.5 Å². The summed E-state index contributed by atoms with van der Waals surface area (Å²) in [5.41, 5.74) is -2.50. The zero-order valence-corrected chi connectivity index (χ0v) is 27.3. The van der Waals surface area contributed by atoms with Crippen LogP contribution in [0.4, 0.5) is 19.0 Å². The Kier molecular flexibility index (Phi) is 12.8. The molecule has 0 aliphatic carbocycles. The van der Waals surface area contributed by atoms with Gasteiger partial charge < -0.3 is 15.2 Å². The first kappa shape index (κ1) is 38.3. The minimum atomic E-state index is -6.39. The fraction of sp³-hybridized carbons (Fsp3) is 0.727. The molecule has 1 saturated heterocycles. The van der Waals surface area contributed by atoms with Gasteiger partial charge in [0.15, 0.2) is 18.1 Å². The maximum absolute atomic E-state index is 13.6. The van der Waals surface area contributed by atoms with Gasteiger partial charge in [-0.05, 0) is 12.8 Å². The van der Waals surface area contributed by atoms with Crippen molar-refractivity contribution in [3.05, 3.63) is 18.6 Å². The topological polar surface area (TPSA) is 205 Å². The SMILES string of the molecule is C=C(Cl)c1ncn([C@@H]2OC(COS(C)(=O)=O)(COS(C)(=O)=O)C(OCCCC)[C@@H]2OS(=O)(=O)C(F)(F)F)c1/N=C(/N)CCC. The zero-order chi connectivity index (χ0) is 33.7. The predicted octanol–water partition coefficient (Wildman–Crippen LogP) is 2.52. The van der Waals surface area contributed by atoms with E-state index in [1.54, 1.807) is 13.8 Å². The van der Waals surface area contributed by atoms with Crippen LogP contribution in [0.5, 0.6) is 0 Å². The summed E-state index contributed by atoms with van der Waals surface area (Å²) in [4.78, 5) is 8.26. The van der Waals surface area contributed by atoms with E-state index in [9.17, 15) is 38.4 Å². The van der Waals surface area contributed by atoms with Crippen LogP contribution in [0.25, 0.3) is 5.03 Å². The first-order chi connectivity index (χ1) is 20.1. The molecule has 2 heterocycles. The Morgan fingerprint density at radius 2 is 1.70 bits per heavy atom. The molecule has 2 N–H and O–H groups in total.